The summed E-state index contributed by atoms with van der Waals surface area (Å²) < 4.78 is 32.2. The second-order valence-corrected chi connectivity index (χ2v) is 7.13. The van der Waals surface area contributed by atoms with Gasteiger partial charge in [0.15, 0.2) is 11.6 Å². The van der Waals surface area contributed by atoms with Crippen LogP contribution in [0.4, 0.5) is 14.6 Å². The minimum Gasteiger partial charge on any atom is -0.363 e. The maximum atomic E-state index is 13.5. The highest BCUT2D eigenvalue weighted by molar-refractivity contribution is 5.55. The molecule has 3 heterocycles. The molecule has 1 aliphatic heterocycles. The quantitative estimate of drug-likeness (QED) is 0.666. The van der Waals surface area contributed by atoms with Crippen molar-refractivity contribution in [2.75, 3.05) is 25.5 Å². The van der Waals surface area contributed by atoms with E-state index < -0.39 is 11.6 Å². The van der Waals surface area contributed by atoms with E-state index in [2.05, 4.69) is 20.0 Å². The van der Waals surface area contributed by atoms with E-state index in [9.17, 15) is 8.78 Å². The summed E-state index contributed by atoms with van der Waals surface area (Å²) in [5.41, 5.74) is 1.50. The SMILES string of the molecule is CN(C)c1ccc(-c2noc(C3CCCN3Cc3ccc(F)c(F)c3)n2)cn1. The fourth-order valence-electron chi connectivity index (χ4n) is 3.44. The van der Waals surface area contributed by atoms with Crippen molar-refractivity contribution >= 4 is 5.82 Å². The van der Waals surface area contributed by atoms with Crippen molar-refractivity contribution in [3.05, 3.63) is 59.6 Å². The summed E-state index contributed by atoms with van der Waals surface area (Å²) in [6, 6.07) is 7.77. The zero-order valence-corrected chi connectivity index (χ0v) is 15.8. The average molecular weight is 385 g/mol. The molecule has 4 rings (SSSR count). The fourth-order valence-corrected chi connectivity index (χ4v) is 3.44. The molecule has 0 amide bonds. The lowest BCUT2D eigenvalue weighted by Crippen LogP contribution is -2.23. The first-order valence-electron chi connectivity index (χ1n) is 9.16. The second-order valence-electron chi connectivity index (χ2n) is 7.13. The fraction of sp³-hybridized carbons (Fsp3) is 0.350. The first kappa shape index (κ1) is 18.5. The van der Waals surface area contributed by atoms with E-state index >= 15 is 0 Å². The van der Waals surface area contributed by atoms with Gasteiger partial charge >= 0.3 is 0 Å². The number of nitrogens with zero attached hydrogens (tertiary/aromatic N) is 5. The molecule has 0 aliphatic carbocycles. The zero-order chi connectivity index (χ0) is 19.7. The molecule has 0 bridgehead atoms. The molecule has 0 spiro atoms. The third-order valence-electron chi connectivity index (χ3n) is 4.92. The molecule has 1 atom stereocenters. The lowest BCUT2D eigenvalue weighted by molar-refractivity contribution is 0.201. The van der Waals surface area contributed by atoms with E-state index in [0.29, 0.717) is 23.8 Å². The molecule has 146 valence electrons. The van der Waals surface area contributed by atoms with Crippen molar-refractivity contribution in [2.24, 2.45) is 0 Å². The molecule has 2 aromatic heterocycles. The number of halogens is 2. The highest BCUT2D eigenvalue weighted by Crippen LogP contribution is 2.33. The van der Waals surface area contributed by atoms with Crippen LogP contribution in [0.2, 0.25) is 0 Å². The zero-order valence-electron chi connectivity index (χ0n) is 15.8. The smallest absolute Gasteiger partial charge is 0.244 e. The molecule has 0 saturated carbocycles. The van der Waals surface area contributed by atoms with Crippen LogP contribution in [-0.4, -0.2) is 40.7 Å². The largest absolute Gasteiger partial charge is 0.363 e. The van der Waals surface area contributed by atoms with Crippen LogP contribution in [-0.2, 0) is 6.54 Å². The molecular formula is C20H21F2N5O. The Balaban J connectivity index is 1.51. The lowest BCUT2D eigenvalue weighted by Gasteiger charge is -2.21. The third kappa shape index (κ3) is 3.73. The highest BCUT2D eigenvalue weighted by Gasteiger charge is 2.31. The number of likely N-dealkylation sites (tertiary alicyclic amines) is 1. The summed E-state index contributed by atoms with van der Waals surface area (Å²) in [6.07, 6.45) is 3.58. The number of benzene rings is 1. The molecule has 28 heavy (non-hydrogen) atoms. The molecule has 1 saturated heterocycles. The van der Waals surface area contributed by atoms with Crippen LogP contribution in [0.3, 0.4) is 0 Å². The predicted molar refractivity (Wildman–Crippen MR) is 101 cm³/mol. The van der Waals surface area contributed by atoms with Gasteiger partial charge in [0.25, 0.3) is 0 Å². The minimum absolute atomic E-state index is 0.0385. The summed E-state index contributed by atoms with van der Waals surface area (Å²) in [7, 11) is 3.85. The van der Waals surface area contributed by atoms with Crippen LogP contribution in [0.25, 0.3) is 11.4 Å². The average Bonchev–Trinajstić information content (AvgIpc) is 3.34. The van der Waals surface area contributed by atoms with E-state index in [1.54, 1.807) is 12.3 Å². The molecular weight excluding hydrogens is 364 g/mol. The van der Waals surface area contributed by atoms with Gasteiger partial charge in [0, 0.05) is 32.4 Å². The second kappa shape index (κ2) is 7.63. The molecule has 3 aromatic rings. The maximum Gasteiger partial charge on any atom is 0.244 e. The molecule has 6 nitrogen and oxygen atoms in total. The lowest BCUT2D eigenvalue weighted by atomic mass is 10.1. The summed E-state index contributed by atoms with van der Waals surface area (Å²) >= 11 is 0. The Morgan fingerprint density at radius 3 is 2.75 bits per heavy atom. The van der Waals surface area contributed by atoms with Gasteiger partial charge < -0.3 is 9.42 Å². The molecule has 1 fully saturated rings. The van der Waals surface area contributed by atoms with Crippen molar-refractivity contribution < 1.29 is 13.3 Å². The van der Waals surface area contributed by atoms with Gasteiger partial charge in [-0.3, -0.25) is 4.90 Å². The van der Waals surface area contributed by atoms with E-state index in [0.717, 1.165) is 36.8 Å². The van der Waals surface area contributed by atoms with E-state index in [1.165, 1.54) is 6.07 Å². The molecule has 0 radical (unpaired) electrons. The van der Waals surface area contributed by atoms with Crippen molar-refractivity contribution in [1.82, 2.24) is 20.0 Å². The number of aromatic nitrogens is 3. The molecule has 8 heteroatoms. The topological polar surface area (TPSA) is 58.3 Å². The van der Waals surface area contributed by atoms with Gasteiger partial charge in [-0.05, 0) is 49.2 Å². The Hall–Kier alpha value is -2.87. The summed E-state index contributed by atoms with van der Waals surface area (Å²) in [6.45, 7) is 1.33. The third-order valence-corrected chi connectivity index (χ3v) is 4.92. The summed E-state index contributed by atoms with van der Waals surface area (Å²) in [4.78, 5) is 13.0. The first-order chi connectivity index (χ1) is 13.5. The van der Waals surface area contributed by atoms with Gasteiger partial charge in [-0.2, -0.15) is 4.98 Å². The predicted octanol–water partition coefficient (Wildman–Crippen LogP) is 3.81. The number of rotatable bonds is 5. The van der Waals surface area contributed by atoms with Crippen molar-refractivity contribution in [2.45, 2.75) is 25.4 Å². The maximum absolute atomic E-state index is 13.5. The van der Waals surface area contributed by atoms with Gasteiger partial charge in [-0.25, -0.2) is 13.8 Å². The minimum atomic E-state index is -0.836. The van der Waals surface area contributed by atoms with Crippen molar-refractivity contribution in [3.63, 3.8) is 0 Å². The summed E-state index contributed by atoms with van der Waals surface area (Å²) in [5, 5.41) is 4.10. The Labute approximate surface area is 161 Å². The number of hydrogen-bond donors (Lipinski definition) is 0. The van der Waals surface area contributed by atoms with Crippen LogP contribution < -0.4 is 4.90 Å². The first-order valence-corrected chi connectivity index (χ1v) is 9.16. The van der Waals surface area contributed by atoms with Crippen molar-refractivity contribution in [1.29, 1.82) is 0 Å². The number of hydrogen-bond acceptors (Lipinski definition) is 6. The van der Waals surface area contributed by atoms with Gasteiger partial charge in [0.2, 0.25) is 11.7 Å². The monoisotopic (exact) mass is 385 g/mol. The van der Waals surface area contributed by atoms with E-state index in [4.69, 9.17) is 4.52 Å². The van der Waals surface area contributed by atoms with Gasteiger partial charge in [0.1, 0.15) is 5.82 Å². The van der Waals surface area contributed by atoms with Crippen LogP contribution >= 0.6 is 0 Å². The molecule has 0 N–H and O–H groups in total. The van der Waals surface area contributed by atoms with Crippen LogP contribution in [0, 0.1) is 11.6 Å². The van der Waals surface area contributed by atoms with Gasteiger partial charge in [-0.15, -0.1) is 0 Å². The van der Waals surface area contributed by atoms with Crippen LogP contribution in [0.1, 0.15) is 30.3 Å². The van der Waals surface area contributed by atoms with Crippen LogP contribution in [0.5, 0.6) is 0 Å². The number of anilines is 1. The van der Waals surface area contributed by atoms with Crippen LogP contribution in [0.15, 0.2) is 41.1 Å². The van der Waals surface area contributed by atoms with Crippen molar-refractivity contribution in [3.8, 4) is 11.4 Å². The van der Waals surface area contributed by atoms with E-state index in [1.807, 2.05) is 31.1 Å². The van der Waals surface area contributed by atoms with Gasteiger partial charge in [-0.1, -0.05) is 11.2 Å². The van der Waals surface area contributed by atoms with Gasteiger partial charge in [0.05, 0.1) is 6.04 Å². The summed E-state index contributed by atoms with van der Waals surface area (Å²) in [5.74, 6) is 0.208. The standard InChI is InChI=1S/C20H21F2N5O/c1-26(2)18-8-6-14(11-23-18)19-24-20(28-25-19)17-4-3-9-27(17)12-13-5-7-15(21)16(22)10-13/h5-8,10-11,17H,3-4,9,12H2,1-2H3. The Bertz CT molecular complexity index is 957. The Morgan fingerprint density at radius 1 is 1.18 bits per heavy atom. The number of pyridine rings is 1. The molecule has 1 aliphatic rings. The Kier molecular flexibility index (Phi) is 5.04. The normalized spacial score (nSPS) is 17.2. The molecule has 1 aromatic carbocycles. The Morgan fingerprint density at radius 2 is 2.04 bits per heavy atom. The molecule has 1 unspecified atom stereocenters. The highest BCUT2D eigenvalue weighted by atomic mass is 19.2. The van der Waals surface area contributed by atoms with E-state index in [-0.39, 0.29) is 6.04 Å².